The topological polar surface area (TPSA) is 75.7 Å². The van der Waals surface area contributed by atoms with Gasteiger partial charge in [-0.25, -0.2) is 13.1 Å². The molecule has 0 aliphatic rings. The van der Waals surface area contributed by atoms with E-state index in [1.54, 1.807) is 4.90 Å². The van der Waals surface area contributed by atoms with Crippen LogP contribution in [-0.2, 0) is 21.4 Å². The third-order valence-electron chi connectivity index (χ3n) is 3.77. The van der Waals surface area contributed by atoms with Crippen molar-refractivity contribution in [3.05, 3.63) is 59.1 Å². The molecule has 0 unspecified atom stereocenters. The number of methoxy groups -OCH3 is 1. The number of rotatable bonds is 8. The smallest absolute Gasteiger partial charge is 0.240 e. The van der Waals surface area contributed by atoms with Gasteiger partial charge in [0.15, 0.2) is 0 Å². The van der Waals surface area contributed by atoms with Crippen LogP contribution in [0.4, 0.5) is 0 Å². The number of nitrogens with zero attached hydrogens (tertiary/aromatic N) is 1. The Morgan fingerprint density at radius 1 is 1.19 bits per heavy atom. The molecule has 0 aromatic heterocycles. The maximum atomic E-state index is 12.4. The lowest BCUT2D eigenvalue weighted by atomic mass is 10.2. The summed E-state index contributed by atoms with van der Waals surface area (Å²) >= 11 is 5.98. The number of carbonyl (C=O) groups excluding carboxylic acids is 1. The van der Waals surface area contributed by atoms with Crippen molar-refractivity contribution in [3.8, 4) is 5.75 Å². The number of benzene rings is 2. The second-order valence-electron chi connectivity index (χ2n) is 5.62. The van der Waals surface area contributed by atoms with Crippen molar-refractivity contribution in [1.29, 1.82) is 0 Å². The fraction of sp³-hybridized carbons (Fsp3) is 0.278. The molecular weight excluding hydrogens is 376 g/mol. The second kappa shape index (κ2) is 9.02. The zero-order chi connectivity index (χ0) is 19.2. The number of amides is 1. The van der Waals surface area contributed by atoms with Crippen LogP contribution >= 0.6 is 11.6 Å². The van der Waals surface area contributed by atoms with Crippen LogP contribution in [0.5, 0.6) is 5.75 Å². The Bertz CT molecular complexity index is 857. The monoisotopic (exact) mass is 396 g/mol. The molecule has 2 rings (SSSR count). The van der Waals surface area contributed by atoms with Crippen LogP contribution in [0, 0.1) is 0 Å². The number of nitrogens with one attached hydrogen (secondary N) is 1. The predicted octanol–water partition coefficient (Wildman–Crippen LogP) is 2.68. The highest BCUT2D eigenvalue weighted by atomic mass is 35.5. The molecule has 0 fully saturated rings. The lowest BCUT2D eigenvalue weighted by molar-refractivity contribution is -0.129. The first-order chi connectivity index (χ1) is 12.3. The molecule has 1 N–H and O–H groups in total. The van der Waals surface area contributed by atoms with Gasteiger partial charge in [0.2, 0.25) is 15.9 Å². The summed E-state index contributed by atoms with van der Waals surface area (Å²) in [4.78, 5) is 13.4. The highest BCUT2D eigenvalue weighted by molar-refractivity contribution is 7.89. The zero-order valence-electron chi connectivity index (χ0n) is 14.6. The van der Waals surface area contributed by atoms with Crippen molar-refractivity contribution in [2.75, 3.05) is 20.2 Å². The summed E-state index contributed by atoms with van der Waals surface area (Å²) < 4.78 is 32.3. The molecule has 140 valence electrons. The second-order valence-corrected chi connectivity index (χ2v) is 7.79. The van der Waals surface area contributed by atoms with E-state index in [4.69, 9.17) is 16.3 Å². The Morgan fingerprint density at radius 3 is 2.46 bits per heavy atom. The van der Waals surface area contributed by atoms with Gasteiger partial charge in [0, 0.05) is 26.6 Å². The summed E-state index contributed by atoms with van der Waals surface area (Å²) in [7, 11) is -2.27. The van der Waals surface area contributed by atoms with Crippen LogP contribution < -0.4 is 9.46 Å². The van der Waals surface area contributed by atoms with E-state index in [-0.39, 0.29) is 28.9 Å². The van der Waals surface area contributed by atoms with Crippen molar-refractivity contribution in [1.82, 2.24) is 9.62 Å². The number of carbonyl (C=O) groups is 1. The van der Waals surface area contributed by atoms with Crippen LogP contribution in [0.3, 0.4) is 0 Å². The van der Waals surface area contributed by atoms with E-state index < -0.39 is 10.0 Å². The maximum absolute atomic E-state index is 12.4. The Hall–Kier alpha value is -2.09. The van der Waals surface area contributed by atoms with Gasteiger partial charge in [-0.15, -0.1) is 0 Å². The highest BCUT2D eigenvalue weighted by Gasteiger charge is 2.17. The van der Waals surface area contributed by atoms with E-state index in [1.165, 1.54) is 32.2 Å². The fourth-order valence-corrected chi connectivity index (χ4v) is 3.73. The van der Waals surface area contributed by atoms with Crippen molar-refractivity contribution >= 4 is 27.5 Å². The lowest BCUT2D eigenvalue weighted by Gasteiger charge is -2.21. The Morgan fingerprint density at radius 2 is 1.88 bits per heavy atom. The van der Waals surface area contributed by atoms with Crippen molar-refractivity contribution in [2.24, 2.45) is 0 Å². The third kappa shape index (κ3) is 5.45. The average Bonchev–Trinajstić information content (AvgIpc) is 2.61. The van der Waals surface area contributed by atoms with E-state index in [2.05, 4.69) is 4.72 Å². The number of sulfonamides is 1. The molecule has 2 aromatic rings. The van der Waals surface area contributed by atoms with Crippen LogP contribution in [0.25, 0.3) is 0 Å². The maximum Gasteiger partial charge on any atom is 0.240 e. The molecule has 0 aliphatic heterocycles. The largest absolute Gasteiger partial charge is 0.495 e. The van der Waals surface area contributed by atoms with E-state index in [0.717, 1.165) is 5.56 Å². The lowest BCUT2D eigenvalue weighted by Crippen LogP contribution is -2.37. The van der Waals surface area contributed by atoms with E-state index >= 15 is 0 Å². The van der Waals surface area contributed by atoms with Crippen molar-refractivity contribution < 1.29 is 17.9 Å². The van der Waals surface area contributed by atoms with Gasteiger partial charge in [-0.1, -0.05) is 41.9 Å². The van der Waals surface area contributed by atoms with E-state index in [9.17, 15) is 13.2 Å². The first-order valence-corrected chi connectivity index (χ1v) is 9.82. The minimum Gasteiger partial charge on any atom is -0.495 e. The molecule has 0 bridgehead atoms. The quantitative estimate of drug-likeness (QED) is 0.744. The van der Waals surface area contributed by atoms with Crippen LogP contribution in [0.1, 0.15) is 12.5 Å². The van der Waals surface area contributed by atoms with Gasteiger partial charge >= 0.3 is 0 Å². The molecule has 26 heavy (non-hydrogen) atoms. The summed E-state index contributed by atoms with van der Waals surface area (Å²) in [6.07, 6.45) is 0. The number of hydrogen-bond acceptors (Lipinski definition) is 4. The van der Waals surface area contributed by atoms with Gasteiger partial charge in [0.1, 0.15) is 5.75 Å². The van der Waals surface area contributed by atoms with Gasteiger partial charge in [-0.05, 0) is 23.8 Å². The molecule has 1 amide bonds. The number of ether oxygens (including phenoxy) is 1. The molecule has 0 radical (unpaired) electrons. The van der Waals surface area contributed by atoms with Crippen LogP contribution in [0.2, 0.25) is 5.02 Å². The molecule has 0 saturated carbocycles. The first-order valence-electron chi connectivity index (χ1n) is 7.96. The fourth-order valence-electron chi connectivity index (χ4n) is 2.36. The summed E-state index contributed by atoms with van der Waals surface area (Å²) in [5, 5.41) is 0.213. The molecule has 2 aromatic carbocycles. The minimum absolute atomic E-state index is 0.0423. The zero-order valence-corrected chi connectivity index (χ0v) is 16.2. The molecule has 0 heterocycles. The summed E-state index contributed by atoms with van der Waals surface area (Å²) in [6.45, 7) is 2.23. The third-order valence-corrected chi connectivity index (χ3v) is 5.52. The van der Waals surface area contributed by atoms with Gasteiger partial charge in [-0.3, -0.25) is 4.79 Å². The van der Waals surface area contributed by atoms with E-state index in [0.29, 0.717) is 12.3 Å². The Labute approximate surface area is 158 Å². The van der Waals surface area contributed by atoms with Crippen molar-refractivity contribution in [3.63, 3.8) is 0 Å². The Kier molecular flexibility index (Phi) is 7.02. The minimum atomic E-state index is -3.73. The van der Waals surface area contributed by atoms with Crippen LogP contribution in [0.15, 0.2) is 53.4 Å². The van der Waals surface area contributed by atoms with Gasteiger partial charge in [-0.2, -0.15) is 0 Å². The summed E-state index contributed by atoms with van der Waals surface area (Å²) in [6, 6.07) is 13.8. The standard InChI is InChI=1S/C18H21ClN2O4S/c1-14(22)21(13-15-6-4-3-5-7-15)11-10-20-26(23,24)16-8-9-18(25-2)17(19)12-16/h3-9,12,20H,10-11,13H2,1-2H3. The average molecular weight is 397 g/mol. The highest BCUT2D eigenvalue weighted by Crippen LogP contribution is 2.26. The van der Waals surface area contributed by atoms with Gasteiger partial charge in [0.05, 0.1) is 17.0 Å². The number of hydrogen-bond donors (Lipinski definition) is 1. The molecule has 0 saturated heterocycles. The van der Waals surface area contributed by atoms with Crippen molar-refractivity contribution in [2.45, 2.75) is 18.4 Å². The molecule has 0 aliphatic carbocycles. The summed E-state index contributed by atoms with van der Waals surface area (Å²) in [5.41, 5.74) is 0.979. The first kappa shape index (κ1) is 20.2. The molecule has 0 atom stereocenters. The Balaban J connectivity index is 1.99. The molecule has 6 nitrogen and oxygen atoms in total. The predicted molar refractivity (Wildman–Crippen MR) is 101 cm³/mol. The van der Waals surface area contributed by atoms with E-state index in [1.807, 2.05) is 30.3 Å². The molecular formula is C18H21ClN2O4S. The van der Waals surface area contributed by atoms with Gasteiger partial charge in [0.25, 0.3) is 0 Å². The SMILES string of the molecule is COc1ccc(S(=O)(=O)NCCN(Cc2ccccc2)C(C)=O)cc1Cl. The van der Waals surface area contributed by atoms with Gasteiger partial charge < -0.3 is 9.64 Å². The van der Waals surface area contributed by atoms with Crippen LogP contribution in [-0.4, -0.2) is 39.4 Å². The summed E-state index contributed by atoms with van der Waals surface area (Å²) in [5.74, 6) is 0.275. The number of halogens is 1. The normalized spacial score (nSPS) is 11.2. The molecule has 0 spiro atoms. The molecule has 8 heteroatoms.